The zero-order valence-electron chi connectivity index (χ0n) is 11.6. The first kappa shape index (κ1) is 12.9. The summed E-state index contributed by atoms with van der Waals surface area (Å²) in [6.45, 7) is 0. The number of fused-ring (bicyclic) bond motifs is 1. The van der Waals surface area contributed by atoms with Crippen LogP contribution in [-0.4, -0.2) is 12.2 Å². The van der Waals surface area contributed by atoms with E-state index in [2.05, 4.69) is 11.4 Å². The van der Waals surface area contributed by atoms with E-state index in [4.69, 9.17) is 4.74 Å². The lowest BCUT2D eigenvalue weighted by Gasteiger charge is -2.27. The minimum absolute atomic E-state index is 0.298. The molecule has 0 aromatic heterocycles. The lowest BCUT2D eigenvalue weighted by atomic mass is 9.87. The molecule has 2 aromatic rings. The number of anilines is 1. The Labute approximate surface area is 119 Å². The maximum Gasteiger partial charge on any atom is 0.120 e. The van der Waals surface area contributed by atoms with E-state index < -0.39 is 0 Å². The summed E-state index contributed by atoms with van der Waals surface area (Å²) >= 11 is 0. The molecule has 1 aliphatic carbocycles. The molecule has 2 N–H and O–H groups in total. The highest BCUT2D eigenvalue weighted by molar-refractivity contribution is 5.51. The van der Waals surface area contributed by atoms with Crippen LogP contribution in [0.4, 0.5) is 5.69 Å². The van der Waals surface area contributed by atoms with Crippen molar-refractivity contribution in [3.63, 3.8) is 0 Å². The van der Waals surface area contributed by atoms with E-state index in [1.807, 2.05) is 30.3 Å². The normalized spacial score (nSPS) is 17.4. The average Bonchev–Trinajstić information content (AvgIpc) is 2.47. The predicted molar refractivity (Wildman–Crippen MR) is 80.4 cm³/mol. The van der Waals surface area contributed by atoms with Gasteiger partial charge in [0, 0.05) is 11.8 Å². The molecule has 3 nitrogen and oxygen atoms in total. The molecule has 0 spiro atoms. The monoisotopic (exact) mass is 269 g/mol. The van der Waals surface area contributed by atoms with Crippen LogP contribution in [0.5, 0.6) is 11.5 Å². The van der Waals surface area contributed by atoms with Gasteiger partial charge in [0.25, 0.3) is 0 Å². The zero-order chi connectivity index (χ0) is 13.9. The lowest BCUT2D eigenvalue weighted by Crippen LogP contribution is -2.17. The van der Waals surface area contributed by atoms with Gasteiger partial charge in [-0.15, -0.1) is 0 Å². The molecule has 0 saturated carbocycles. The number of methoxy groups -OCH3 is 1. The summed E-state index contributed by atoms with van der Waals surface area (Å²) in [4.78, 5) is 0. The number of benzene rings is 2. The van der Waals surface area contributed by atoms with Crippen molar-refractivity contribution in [2.45, 2.75) is 25.3 Å². The topological polar surface area (TPSA) is 41.5 Å². The number of rotatable bonds is 3. The maximum atomic E-state index is 9.60. The van der Waals surface area contributed by atoms with Crippen LogP contribution in [-0.2, 0) is 6.42 Å². The Balaban J connectivity index is 1.85. The molecule has 20 heavy (non-hydrogen) atoms. The van der Waals surface area contributed by atoms with Crippen LogP contribution in [0.3, 0.4) is 0 Å². The van der Waals surface area contributed by atoms with Crippen molar-refractivity contribution < 1.29 is 9.84 Å². The summed E-state index contributed by atoms with van der Waals surface area (Å²) in [6, 6.07) is 14.0. The molecular weight excluding hydrogens is 250 g/mol. The first-order valence-corrected chi connectivity index (χ1v) is 6.98. The first-order chi connectivity index (χ1) is 9.76. The van der Waals surface area contributed by atoms with Gasteiger partial charge in [0.1, 0.15) is 11.5 Å². The van der Waals surface area contributed by atoms with Crippen LogP contribution in [0, 0.1) is 0 Å². The molecule has 0 saturated heterocycles. The molecule has 1 atom stereocenters. The molecule has 1 aliphatic rings. The number of nitrogens with one attached hydrogen (secondary N) is 1. The minimum Gasteiger partial charge on any atom is -0.508 e. The Hall–Kier alpha value is -2.16. The number of hydrogen-bond acceptors (Lipinski definition) is 3. The molecule has 0 fully saturated rings. The van der Waals surface area contributed by atoms with Crippen LogP contribution in [0.2, 0.25) is 0 Å². The van der Waals surface area contributed by atoms with Gasteiger partial charge in [0.2, 0.25) is 0 Å². The van der Waals surface area contributed by atoms with Gasteiger partial charge in [-0.2, -0.15) is 0 Å². The van der Waals surface area contributed by atoms with Gasteiger partial charge in [0.05, 0.1) is 13.2 Å². The number of aromatic hydroxyl groups is 1. The Kier molecular flexibility index (Phi) is 3.50. The fourth-order valence-corrected chi connectivity index (χ4v) is 2.86. The molecule has 3 heteroatoms. The van der Waals surface area contributed by atoms with E-state index in [1.165, 1.54) is 11.1 Å². The number of phenolic OH excluding ortho intramolecular Hbond substituents is 1. The van der Waals surface area contributed by atoms with Gasteiger partial charge in [0.15, 0.2) is 0 Å². The van der Waals surface area contributed by atoms with Crippen molar-refractivity contribution >= 4 is 5.69 Å². The van der Waals surface area contributed by atoms with Gasteiger partial charge in [-0.25, -0.2) is 0 Å². The van der Waals surface area contributed by atoms with Gasteiger partial charge in [-0.3, -0.25) is 0 Å². The van der Waals surface area contributed by atoms with Crippen LogP contribution in [0.1, 0.15) is 30.0 Å². The van der Waals surface area contributed by atoms with E-state index in [1.54, 1.807) is 13.2 Å². The quantitative estimate of drug-likeness (QED) is 0.888. The van der Waals surface area contributed by atoms with E-state index in [9.17, 15) is 5.11 Å². The van der Waals surface area contributed by atoms with Crippen molar-refractivity contribution in [3.05, 3.63) is 53.6 Å². The van der Waals surface area contributed by atoms with Crippen LogP contribution >= 0.6 is 0 Å². The van der Waals surface area contributed by atoms with Crippen molar-refractivity contribution in [2.24, 2.45) is 0 Å². The second-order valence-electron chi connectivity index (χ2n) is 5.20. The SMILES string of the molecule is COc1cccc(NC2CCCc3cc(O)ccc32)c1. The number of ether oxygens (including phenoxy) is 1. The van der Waals surface area contributed by atoms with Crippen LogP contribution in [0.25, 0.3) is 0 Å². The van der Waals surface area contributed by atoms with E-state index in [0.717, 1.165) is 30.7 Å². The fourth-order valence-electron chi connectivity index (χ4n) is 2.86. The Morgan fingerprint density at radius 2 is 2.10 bits per heavy atom. The summed E-state index contributed by atoms with van der Waals surface area (Å²) in [5, 5.41) is 13.2. The summed E-state index contributed by atoms with van der Waals surface area (Å²) in [7, 11) is 1.68. The second kappa shape index (κ2) is 5.45. The molecule has 3 rings (SSSR count). The summed E-state index contributed by atoms with van der Waals surface area (Å²) in [5.41, 5.74) is 3.60. The molecule has 0 amide bonds. The Bertz CT molecular complexity index is 610. The molecular formula is C17H19NO2. The molecule has 0 heterocycles. The molecule has 0 aliphatic heterocycles. The summed E-state index contributed by atoms with van der Waals surface area (Å²) in [6.07, 6.45) is 3.28. The third-order valence-electron chi connectivity index (χ3n) is 3.85. The standard InChI is InChI=1S/C17H19NO2/c1-20-15-6-3-5-13(11-15)18-17-7-2-4-12-10-14(19)8-9-16(12)17/h3,5-6,8-11,17-19H,2,4,7H2,1H3. The van der Waals surface area contributed by atoms with E-state index in [-0.39, 0.29) is 0 Å². The largest absolute Gasteiger partial charge is 0.508 e. The molecule has 104 valence electrons. The van der Waals surface area contributed by atoms with E-state index in [0.29, 0.717) is 11.8 Å². The highest BCUT2D eigenvalue weighted by Gasteiger charge is 2.20. The highest BCUT2D eigenvalue weighted by atomic mass is 16.5. The zero-order valence-corrected chi connectivity index (χ0v) is 11.6. The van der Waals surface area contributed by atoms with Crippen molar-refractivity contribution in [3.8, 4) is 11.5 Å². The van der Waals surface area contributed by atoms with Gasteiger partial charge < -0.3 is 15.2 Å². The highest BCUT2D eigenvalue weighted by Crippen LogP contribution is 2.34. The van der Waals surface area contributed by atoms with Gasteiger partial charge in [-0.1, -0.05) is 12.1 Å². The van der Waals surface area contributed by atoms with Gasteiger partial charge >= 0.3 is 0 Å². The third-order valence-corrected chi connectivity index (χ3v) is 3.85. The molecule has 2 aromatic carbocycles. The smallest absolute Gasteiger partial charge is 0.120 e. The number of aryl methyl sites for hydroxylation is 1. The summed E-state index contributed by atoms with van der Waals surface area (Å²) in [5.74, 6) is 1.21. The molecule has 0 radical (unpaired) electrons. The number of phenols is 1. The lowest BCUT2D eigenvalue weighted by molar-refractivity contribution is 0.415. The predicted octanol–water partition coefficient (Wildman–Crippen LogP) is 3.89. The average molecular weight is 269 g/mol. The second-order valence-corrected chi connectivity index (χ2v) is 5.20. The van der Waals surface area contributed by atoms with Crippen molar-refractivity contribution in [1.82, 2.24) is 0 Å². The minimum atomic E-state index is 0.298. The third kappa shape index (κ3) is 2.57. The van der Waals surface area contributed by atoms with Crippen molar-refractivity contribution in [2.75, 3.05) is 12.4 Å². The van der Waals surface area contributed by atoms with Crippen molar-refractivity contribution in [1.29, 1.82) is 0 Å². The van der Waals surface area contributed by atoms with Crippen LogP contribution < -0.4 is 10.1 Å². The number of hydrogen-bond donors (Lipinski definition) is 2. The Morgan fingerprint density at radius 1 is 1.20 bits per heavy atom. The van der Waals surface area contributed by atoms with E-state index >= 15 is 0 Å². The molecule has 1 unspecified atom stereocenters. The first-order valence-electron chi connectivity index (χ1n) is 6.98. The summed E-state index contributed by atoms with van der Waals surface area (Å²) < 4.78 is 5.26. The fraction of sp³-hybridized carbons (Fsp3) is 0.294. The van der Waals surface area contributed by atoms with Gasteiger partial charge in [-0.05, 0) is 54.7 Å². The Morgan fingerprint density at radius 3 is 2.95 bits per heavy atom. The van der Waals surface area contributed by atoms with Crippen LogP contribution in [0.15, 0.2) is 42.5 Å². The molecule has 0 bridgehead atoms. The maximum absolute atomic E-state index is 9.60.